The Bertz CT molecular complexity index is 324. The fourth-order valence-corrected chi connectivity index (χ4v) is 3.49. The van der Waals surface area contributed by atoms with E-state index in [1.165, 1.54) is 5.32 Å². The van der Waals surface area contributed by atoms with Gasteiger partial charge in [-0.3, -0.25) is 0 Å². The minimum atomic E-state index is -1.21. The van der Waals surface area contributed by atoms with Crippen LogP contribution in [0.15, 0.2) is 5.38 Å². The molecule has 0 atom stereocenters. The normalized spacial score (nSPS) is 10.7. The van der Waals surface area contributed by atoms with Crippen molar-refractivity contribution in [3.63, 3.8) is 0 Å². The van der Waals surface area contributed by atoms with Crippen LogP contribution in [0.25, 0.3) is 0 Å². The van der Waals surface area contributed by atoms with Crippen LogP contribution < -0.4 is 5.32 Å². The summed E-state index contributed by atoms with van der Waals surface area (Å²) in [6, 6.07) is 0. The Balaban J connectivity index is 2.97. The molecule has 0 saturated carbocycles. The maximum absolute atomic E-state index is 4.48. The van der Waals surface area contributed by atoms with E-state index in [1.807, 2.05) is 6.92 Å². The standard InChI is InChI=1S/C9H13NSSi/c1-5-6-8-10-9(7-11-8)12(2,3)4/h7H,1-4H3. The Labute approximate surface area is 78.9 Å². The van der Waals surface area contributed by atoms with Crippen molar-refractivity contribution in [3.8, 4) is 11.8 Å². The molecule has 0 aromatic carbocycles. The highest BCUT2D eigenvalue weighted by atomic mass is 32.1. The second-order valence-electron chi connectivity index (χ2n) is 3.66. The first-order valence-electron chi connectivity index (χ1n) is 3.93. The van der Waals surface area contributed by atoms with E-state index in [2.05, 4.69) is 41.8 Å². The van der Waals surface area contributed by atoms with Crippen LogP contribution in [0.4, 0.5) is 0 Å². The van der Waals surface area contributed by atoms with Crippen LogP contribution in [0.2, 0.25) is 19.6 Å². The van der Waals surface area contributed by atoms with Crippen molar-refractivity contribution >= 4 is 24.7 Å². The van der Waals surface area contributed by atoms with Crippen molar-refractivity contribution in [3.05, 3.63) is 10.4 Å². The van der Waals surface area contributed by atoms with Gasteiger partial charge in [0.05, 0.1) is 0 Å². The maximum Gasteiger partial charge on any atom is 0.166 e. The monoisotopic (exact) mass is 195 g/mol. The van der Waals surface area contributed by atoms with Gasteiger partial charge in [0.2, 0.25) is 0 Å². The summed E-state index contributed by atoms with van der Waals surface area (Å²) in [4.78, 5) is 4.48. The first kappa shape index (κ1) is 9.49. The van der Waals surface area contributed by atoms with Crippen LogP contribution >= 0.6 is 11.3 Å². The van der Waals surface area contributed by atoms with Gasteiger partial charge in [0, 0.05) is 10.7 Å². The van der Waals surface area contributed by atoms with E-state index in [1.54, 1.807) is 11.3 Å². The average molecular weight is 195 g/mol. The zero-order valence-electron chi connectivity index (χ0n) is 7.93. The Kier molecular flexibility index (Phi) is 2.71. The number of hydrogen-bond donors (Lipinski definition) is 0. The molecule has 0 N–H and O–H groups in total. The summed E-state index contributed by atoms with van der Waals surface area (Å²) in [5, 5.41) is 4.37. The number of nitrogens with zero attached hydrogens (tertiary/aromatic N) is 1. The van der Waals surface area contributed by atoms with Gasteiger partial charge in [0.15, 0.2) is 5.01 Å². The SMILES string of the molecule is CC#Cc1nc([Si](C)(C)C)cs1. The molecular formula is C9H13NSSi. The molecule has 0 unspecified atom stereocenters. The largest absolute Gasteiger partial charge is 0.238 e. The molecule has 3 heteroatoms. The van der Waals surface area contributed by atoms with E-state index in [4.69, 9.17) is 0 Å². The molecule has 64 valence electrons. The van der Waals surface area contributed by atoms with Gasteiger partial charge < -0.3 is 0 Å². The summed E-state index contributed by atoms with van der Waals surface area (Å²) in [6.45, 7) is 8.73. The molecule has 0 aliphatic carbocycles. The summed E-state index contributed by atoms with van der Waals surface area (Å²) < 4.78 is 0. The number of thiazole rings is 1. The van der Waals surface area contributed by atoms with Crippen molar-refractivity contribution in [2.75, 3.05) is 0 Å². The first-order chi connectivity index (χ1) is 5.54. The maximum atomic E-state index is 4.48. The van der Waals surface area contributed by atoms with E-state index in [-0.39, 0.29) is 0 Å². The smallest absolute Gasteiger partial charge is 0.166 e. The predicted molar refractivity (Wildman–Crippen MR) is 57.6 cm³/mol. The van der Waals surface area contributed by atoms with Gasteiger partial charge in [-0.05, 0) is 12.8 Å². The minimum absolute atomic E-state index is 0.954. The van der Waals surface area contributed by atoms with E-state index in [0.717, 1.165) is 5.01 Å². The summed E-state index contributed by atoms with van der Waals surface area (Å²) in [5.74, 6) is 5.84. The van der Waals surface area contributed by atoms with Crippen LogP contribution in [0.3, 0.4) is 0 Å². The highest BCUT2D eigenvalue weighted by Crippen LogP contribution is 2.06. The van der Waals surface area contributed by atoms with Crippen LogP contribution in [0, 0.1) is 11.8 Å². The lowest BCUT2D eigenvalue weighted by Gasteiger charge is -2.10. The molecular weight excluding hydrogens is 182 g/mol. The van der Waals surface area contributed by atoms with E-state index in [0.29, 0.717) is 0 Å². The summed E-state index contributed by atoms with van der Waals surface area (Å²) in [7, 11) is -1.21. The van der Waals surface area contributed by atoms with E-state index in [9.17, 15) is 0 Å². The van der Waals surface area contributed by atoms with Gasteiger partial charge in [-0.1, -0.05) is 25.6 Å². The molecule has 0 fully saturated rings. The lowest BCUT2D eigenvalue weighted by molar-refractivity contribution is 1.41. The molecule has 1 nitrogen and oxygen atoms in total. The molecule has 1 heterocycles. The fourth-order valence-electron chi connectivity index (χ4n) is 0.783. The molecule has 1 rings (SSSR count). The van der Waals surface area contributed by atoms with Crippen LogP contribution in [0.5, 0.6) is 0 Å². The molecule has 0 radical (unpaired) electrons. The van der Waals surface area contributed by atoms with Gasteiger partial charge >= 0.3 is 0 Å². The summed E-state index contributed by atoms with van der Waals surface area (Å²) in [6.07, 6.45) is 0. The third-order valence-electron chi connectivity index (χ3n) is 1.50. The summed E-state index contributed by atoms with van der Waals surface area (Å²) in [5.41, 5.74) is 0. The summed E-state index contributed by atoms with van der Waals surface area (Å²) >= 11 is 1.65. The lowest BCUT2D eigenvalue weighted by Crippen LogP contribution is -2.38. The Morgan fingerprint density at radius 1 is 1.42 bits per heavy atom. The van der Waals surface area contributed by atoms with Crippen molar-refractivity contribution < 1.29 is 0 Å². The second kappa shape index (κ2) is 3.42. The van der Waals surface area contributed by atoms with Crippen LogP contribution in [-0.2, 0) is 0 Å². The van der Waals surface area contributed by atoms with Gasteiger partial charge in [-0.2, -0.15) is 0 Å². The quantitative estimate of drug-likeness (QED) is 0.494. The Morgan fingerprint density at radius 3 is 2.50 bits per heavy atom. The van der Waals surface area contributed by atoms with Crippen molar-refractivity contribution in [2.45, 2.75) is 26.6 Å². The van der Waals surface area contributed by atoms with Crippen molar-refractivity contribution in [2.24, 2.45) is 0 Å². The van der Waals surface area contributed by atoms with Crippen molar-refractivity contribution in [1.29, 1.82) is 0 Å². The molecule has 1 aromatic heterocycles. The topological polar surface area (TPSA) is 12.9 Å². The molecule has 0 aliphatic heterocycles. The van der Waals surface area contributed by atoms with E-state index >= 15 is 0 Å². The van der Waals surface area contributed by atoms with Gasteiger partial charge in [0.1, 0.15) is 8.07 Å². The molecule has 1 aromatic rings. The second-order valence-corrected chi connectivity index (χ2v) is 9.53. The molecule has 0 amide bonds. The number of hydrogen-bond acceptors (Lipinski definition) is 2. The molecule has 0 spiro atoms. The molecule has 0 aliphatic rings. The first-order valence-corrected chi connectivity index (χ1v) is 8.31. The Morgan fingerprint density at radius 2 is 2.08 bits per heavy atom. The van der Waals surface area contributed by atoms with Crippen LogP contribution in [0.1, 0.15) is 11.9 Å². The minimum Gasteiger partial charge on any atom is -0.238 e. The zero-order chi connectivity index (χ0) is 9.19. The highest BCUT2D eigenvalue weighted by molar-refractivity contribution is 7.12. The van der Waals surface area contributed by atoms with E-state index < -0.39 is 8.07 Å². The third-order valence-corrected chi connectivity index (χ3v) is 4.26. The lowest BCUT2D eigenvalue weighted by atomic mass is 10.6. The van der Waals surface area contributed by atoms with Crippen molar-refractivity contribution in [1.82, 2.24) is 4.98 Å². The van der Waals surface area contributed by atoms with Crippen LogP contribution in [-0.4, -0.2) is 13.1 Å². The van der Waals surface area contributed by atoms with Gasteiger partial charge in [0.25, 0.3) is 0 Å². The molecule has 0 saturated heterocycles. The average Bonchev–Trinajstić information content (AvgIpc) is 2.35. The number of rotatable bonds is 1. The third kappa shape index (κ3) is 2.19. The Hall–Kier alpha value is -0.593. The zero-order valence-corrected chi connectivity index (χ0v) is 9.75. The van der Waals surface area contributed by atoms with Gasteiger partial charge in [-0.15, -0.1) is 11.3 Å². The molecule has 12 heavy (non-hydrogen) atoms. The fraction of sp³-hybridized carbons (Fsp3) is 0.444. The highest BCUT2D eigenvalue weighted by Gasteiger charge is 2.19. The number of aromatic nitrogens is 1. The predicted octanol–water partition coefficient (Wildman–Crippen LogP) is 2.06. The molecule has 0 bridgehead atoms. The van der Waals surface area contributed by atoms with Gasteiger partial charge in [-0.25, -0.2) is 4.98 Å².